The van der Waals surface area contributed by atoms with Crippen LogP contribution >= 0.6 is 0 Å². The number of fused-ring (bicyclic) bond motifs is 1. The van der Waals surface area contributed by atoms with E-state index in [9.17, 15) is 18.0 Å². The Morgan fingerprint density at radius 2 is 2.08 bits per heavy atom. The van der Waals surface area contributed by atoms with Crippen LogP contribution in [0, 0.1) is 0 Å². The van der Waals surface area contributed by atoms with E-state index in [0.717, 1.165) is 6.26 Å². The number of nitrogens with one attached hydrogen (secondary N) is 3. The molecule has 0 aliphatic carbocycles. The second-order valence-corrected chi connectivity index (χ2v) is 7.14. The number of carbonyl (C=O) groups is 1. The van der Waals surface area contributed by atoms with Gasteiger partial charge in [0.15, 0.2) is 5.58 Å². The first kappa shape index (κ1) is 16.9. The van der Waals surface area contributed by atoms with E-state index in [1.807, 2.05) is 0 Å². The highest BCUT2D eigenvalue weighted by Crippen LogP contribution is 2.17. The number of benzene rings is 1. The maximum absolute atomic E-state index is 12.3. The second kappa shape index (κ2) is 6.49. The third-order valence-electron chi connectivity index (χ3n) is 3.27. The molecule has 25 heavy (non-hydrogen) atoms. The van der Waals surface area contributed by atoms with Crippen molar-refractivity contribution in [2.24, 2.45) is 0 Å². The van der Waals surface area contributed by atoms with Crippen LogP contribution in [0.1, 0.15) is 16.1 Å². The van der Waals surface area contributed by atoms with Gasteiger partial charge in [-0.2, -0.15) is 0 Å². The number of carbonyl (C=O) groups excluding carboxylic acids is 1. The summed E-state index contributed by atoms with van der Waals surface area (Å²) in [7, 11) is -3.35. The molecule has 0 fully saturated rings. The summed E-state index contributed by atoms with van der Waals surface area (Å²) in [5.41, 5.74) is 2.06. The number of anilines is 1. The number of sulfonamides is 1. The Kier molecular flexibility index (Phi) is 4.38. The summed E-state index contributed by atoms with van der Waals surface area (Å²) in [6.07, 6.45) is 2.46. The highest BCUT2D eigenvalue weighted by atomic mass is 32.2. The van der Waals surface area contributed by atoms with E-state index in [4.69, 9.17) is 4.42 Å². The first-order valence-electron chi connectivity index (χ1n) is 7.14. The number of hydrogen-bond donors (Lipinski definition) is 3. The van der Waals surface area contributed by atoms with Crippen molar-refractivity contribution >= 4 is 32.7 Å². The molecule has 9 nitrogen and oxygen atoms in total. The Labute approximate surface area is 142 Å². The molecule has 0 atom stereocenters. The SMILES string of the molecule is CS(=O)(=O)NCc1cc(C(=O)Nc2ccc3oc(=O)[nH]c3c2)ccn1. The molecular weight excluding hydrogens is 348 g/mol. The molecular formula is C15H14N4O5S. The molecule has 1 aromatic carbocycles. The second-order valence-electron chi connectivity index (χ2n) is 5.31. The summed E-state index contributed by atoms with van der Waals surface area (Å²) in [6.45, 7) is -0.0117. The summed E-state index contributed by atoms with van der Waals surface area (Å²) < 4.78 is 29.4. The number of nitrogens with zero attached hydrogens (tertiary/aromatic N) is 1. The molecule has 0 bridgehead atoms. The van der Waals surface area contributed by atoms with Gasteiger partial charge in [0.2, 0.25) is 10.0 Å². The summed E-state index contributed by atoms with van der Waals surface area (Å²) in [6, 6.07) is 7.75. The predicted molar refractivity (Wildman–Crippen MR) is 90.7 cm³/mol. The van der Waals surface area contributed by atoms with Crippen molar-refractivity contribution in [3.05, 3.63) is 58.3 Å². The number of aromatic amines is 1. The lowest BCUT2D eigenvalue weighted by Gasteiger charge is -2.07. The van der Waals surface area contributed by atoms with Gasteiger partial charge >= 0.3 is 5.76 Å². The van der Waals surface area contributed by atoms with Gasteiger partial charge in [-0.05, 0) is 30.3 Å². The monoisotopic (exact) mass is 362 g/mol. The van der Waals surface area contributed by atoms with Crippen molar-refractivity contribution in [3.63, 3.8) is 0 Å². The van der Waals surface area contributed by atoms with E-state index in [-0.39, 0.29) is 6.54 Å². The average Bonchev–Trinajstić information content (AvgIpc) is 2.92. The molecule has 0 aliphatic rings. The van der Waals surface area contributed by atoms with Gasteiger partial charge in [-0.25, -0.2) is 17.9 Å². The molecule has 3 rings (SSSR count). The number of pyridine rings is 1. The molecule has 2 heterocycles. The molecule has 0 radical (unpaired) electrons. The van der Waals surface area contributed by atoms with Crippen molar-refractivity contribution in [2.45, 2.75) is 6.54 Å². The molecule has 3 N–H and O–H groups in total. The Hall–Kier alpha value is -2.98. The first-order valence-corrected chi connectivity index (χ1v) is 9.03. The zero-order valence-corrected chi connectivity index (χ0v) is 13.9. The molecule has 0 saturated heterocycles. The van der Waals surface area contributed by atoms with Crippen LogP contribution in [-0.4, -0.2) is 30.5 Å². The van der Waals surface area contributed by atoms with Crippen LogP contribution < -0.4 is 15.8 Å². The third-order valence-corrected chi connectivity index (χ3v) is 3.94. The van der Waals surface area contributed by atoms with Gasteiger partial charge in [-0.3, -0.25) is 14.8 Å². The number of H-pyrrole nitrogens is 1. The van der Waals surface area contributed by atoms with Gasteiger partial charge in [-0.1, -0.05) is 0 Å². The van der Waals surface area contributed by atoms with Gasteiger partial charge in [0.25, 0.3) is 5.91 Å². The van der Waals surface area contributed by atoms with Crippen LogP contribution in [0.15, 0.2) is 45.7 Å². The molecule has 0 aliphatic heterocycles. The largest absolute Gasteiger partial charge is 0.417 e. The molecule has 0 unspecified atom stereocenters. The number of amides is 1. The van der Waals surface area contributed by atoms with Crippen LogP contribution in [0.2, 0.25) is 0 Å². The van der Waals surface area contributed by atoms with E-state index in [2.05, 4.69) is 20.0 Å². The summed E-state index contributed by atoms with van der Waals surface area (Å²) in [5, 5.41) is 2.69. The summed E-state index contributed by atoms with van der Waals surface area (Å²) >= 11 is 0. The van der Waals surface area contributed by atoms with Crippen LogP contribution in [0.4, 0.5) is 5.69 Å². The number of aromatic nitrogens is 2. The van der Waals surface area contributed by atoms with Crippen molar-refractivity contribution in [2.75, 3.05) is 11.6 Å². The fourth-order valence-electron chi connectivity index (χ4n) is 2.15. The number of rotatable bonds is 5. The lowest BCUT2D eigenvalue weighted by molar-refractivity contribution is 0.102. The minimum atomic E-state index is -3.35. The molecule has 3 aromatic rings. The molecule has 0 spiro atoms. The van der Waals surface area contributed by atoms with Gasteiger partial charge in [0.1, 0.15) is 0 Å². The van der Waals surface area contributed by atoms with Crippen LogP contribution in [0.3, 0.4) is 0 Å². The lowest BCUT2D eigenvalue weighted by atomic mass is 10.2. The van der Waals surface area contributed by atoms with E-state index in [0.29, 0.717) is 28.0 Å². The maximum Gasteiger partial charge on any atom is 0.417 e. The van der Waals surface area contributed by atoms with Crippen LogP contribution in [0.25, 0.3) is 11.1 Å². The third kappa shape index (κ3) is 4.31. The van der Waals surface area contributed by atoms with Crippen molar-refractivity contribution in [1.82, 2.24) is 14.7 Å². The molecule has 1 amide bonds. The first-order chi connectivity index (χ1) is 11.8. The van der Waals surface area contributed by atoms with Gasteiger partial charge in [0.05, 0.1) is 24.0 Å². The minimum Gasteiger partial charge on any atom is -0.408 e. The van der Waals surface area contributed by atoms with Crippen LogP contribution in [-0.2, 0) is 16.6 Å². The van der Waals surface area contributed by atoms with Crippen molar-refractivity contribution in [1.29, 1.82) is 0 Å². The molecule has 0 saturated carbocycles. The zero-order valence-electron chi connectivity index (χ0n) is 13.1. The number of hydrogen-bond acceptors (Lipinski definition) is 6. The average molecular weight is 362 g/mol. The zero-order chi connectivity index (χ0) is 18.0. The Morgan fingerprint density at radius 1 is 1.28 bits per heavy atom. The molecule has 130 valence electrons. The smallest absolute Gasteiger partial charge is 0.408 e. The number of oxazole rings is 1. The highest BCUT2D eigenvalue weighted by Gasteiger charge is 2.10. The van der Waals surface area contributed by atoms with E-state index < -0.39 is 21.7 Å². The van der Waals surface area contributed by atoms with Crippen molar-refractivity contribution in [3.8, 4) is 0 Å². The Balaban J connectivity index is 1.76. The molecule has 10 heteroatoms. The van der Waals surface area contributed by atoms with E-state index >= 15 is 0 Å². The Morgan fingerprint density at radius 3 is 2.84 bits per heavy atom. The Bertz CT molecular complexity index is 1100. The van der Waals surface area contributed by atoms with Crippen LogP contribution in [0.5, 0.6) is 0 Å². The normalized spacial score (nSPS) is 11.6. The van der Waals surface area contributed by atoms with Crippen molar-refractivity contribution < 1.29 is 17.6 Å². The fraction of sp³-hybridized carbons (Fsp3) is 0.133. The molecule has 2 aromatic heterocycles. The van der Waals surface area contributed by atoms with E-state index in [1.165, 1.54) is 18.3 Å². The lowest BCUT2D eigenvalue weighted by Crippen LogP contribution is -2.22. The topological polar surface area (TPSA) is 134 Å². The quantitative estimate of drug-likeness (QED) is 0.615. The van der Waals surface area contributed by atoms with Gasteiger partial charge in [-0.15, -0.1) is 0 Å². The minimum absolute atomic E-state index is 0.0117. The summed E-state index contributed by atoms with van der Waals surface area (Å²) in [4.78, 5) is 30.0. The standard InChI is InChI=1S/C15H14N4O5S/c1-25(22,23)17-8-11-6-9(4-5-16-11)14(20)18-10-2-3-13-12(7-10)19-15(21)24-13/h2-7,17H,8H2,1H3,(H,18,20)(H,19,21). The predicted octanol–water partition coefficient (Wildman–Crippen LogP) is 0.818. The fourth-order valence-corrected chi connectivity index (χ4v) is 2.56. The van der Waals surface area contributed by atoms with E-state index in [1.54, 1.807) is 18.2 Å². The maximum atomic E-state index is 12.3. The van der Waals surface area contributed by atoms with Gasteiger partial charge < -0.3 is 9.73 Å². The highest BCUT2D eigenvalue weighted by molar-refractivity contribution is 7.88. The van der Waals surface area contributed by atoms with Gasteiger partial charge in [0, 0.05) is 17.4 Å². The summed E-state index contributed by atoms with van der Waals surface area (Å²) in [5.74, 6) is -0.969.